The highest BCUT2D eigenvalue weighted by Crippen LogP contribution is 2.11. The molecule has 0 aromatic heterocycles. The topological polar surface area (TPSA) is 174 Å². The van der Waals surface area contributed by atoms with Crippen molar-refractivity contribution in [3.05, 3.63) is 0 Å². The third-order valence-corrected chi connectivity index (χ3v) is 4.00. The van der Waals surface area contributed by atoms with E-state index in [0.717, 1.165) is 25.9 Å². The first-order chi connectivity index (χ1) is 13.1. The molecule has 0 saturated carbocycles. The van der Waals surface area contributed by atoms with Gasteiger partial charge in [-0.25, -0.2) is 0 Å². The first-order valence-corrected chi connectivity index (χ1v) is 10.0. The summed E-state index contributed by atoms with van der Waals surface area (Å²) in [6.45, 7) is 8.73. The van der Waals surface area contributed by atoms with Crippen molar-refractivity contribution in [2.75, 3.05) is 39.5 Å². The Hall–Kier alpha value is -0.360. The maximum atomic E-state index is 9.36. The molecule has 9 heteroatoms. The minimum absolute atomic E-state index is 0.181. The molecule has 28 heavy (non-hydrogen) atoms. The number of hydrogen-bond acceptors (Lipinski definition) is 9. The Morgan fingerprint density at radius 2 is 1.18 bits per heavy atom. The second-order valence-electron chi connectivity index (χ2n) is 7.07. The van der Waals surface area contributed by atoms with E-state index >= 15 is 0 Å². The second-order valence-corrected chi connectivity index (χ2v) is 7.07. The van der Waals surface area contributed by atoms with Crippen LogP contribution in [0.3, 0.4) is 0 Å². The summed E-state index contributed by atoms with van der Waals surface area (Å²) in [5, 5.41) is 73.8. The van der Waals surface area contributed by atoms with E-state index in [-0.39, 0.29) is 26.4 Å². The standard InChI is InChI=1S/C9H20O4.C5H13NO.C5H12O3/c1-3-5-7(11)9(13)8(12)6(10)4-2;1-2-3-6-4-5-7;1-5(2-6,3-7)4-8/h6-13H,3-5H2,1-2H3;6-7H,2-5H2,1H3;6-8H,2-4H2,1H3/t6-,7+,8-,9-;;/m1../s1. The quantitative estimate of drug-likeness (QED) is 0.164. The van der Waals surface area contributed by atoms with Crippen LogP contribution in [0.25, 0.3) is 0 Å². The van der Waals surface area contributed by atoms with Crippen molar-refractivity contribution in [3.63, 3.8) is 0 Å². The Kier molecular flexibility index (Phi) is 24.6. The molecule has 0 heterocycles. The molecule has 0 aliphatic carbocycles. The van der Waals surface area contributed by atoms with Gasteiger partial charge in [-0.05, 0) is 25.8 Å². The van der Waals surface area contributed by atoms with Gasteiger partial charge >= 0.3 is 0 Å². The predicted octanol–water partition coefficient (Wildman–Crippen LogP) is -1.41. The van der Waals surface area contributed by atoms with Gasteiger partial charge < -0.3 is 46.2 Å². The molecule has 0 aromatic carbocycles. The molecule has 0 aliphatic rings. The molecule has 0 fully saturated rings. The molecule has 9 N–H and O–H groups in total. The van der Waals surface area contributed by atoms with Crippen molar-refractivity contribution in [1.29, 1.82) is 0 Å². The van der Waals surface area contributed by atoms with E-state index in [1.807, 2.05) is 6.92 Å². The lowest BCUT2D eigenvalue weighted by Gasteiger charge is -2.25. The second kappa shape index (κ2) is 21.4. The number of nitrogens with one attached hydrogen (secondary N) is 1. The first kappa shape index (κ1) is 32.3. The molecule has 0 bridgehead atoms. The summed E-state index contributed by atoms with van der Waals surface area (Å²) in [5.41, 5.74) is -0.708. The highest BCUT2D eigenvalue weighted by molar-refractivity contribution is 4.79. The summed E-state index contributed by atoms with van der Waals surface area (Å²) >= 11 is 0. The summed E-state index contributed by atoms with van der Waals surface area (Å²) < 4.78 is 0. The lowest BCUT2D eigenvalue weighted by atomic mass is 9.95. The smallest absolute Gasteiger partial charge is 0.108 e. The van der Waals surface area contributed by atoms with E-state index in [2.05, 4.69) is 12.2 Å². The Morgan fingerprint density at radius 1 is 0.714 bits per heavy atom. The van der Waals surface area contributed by atoms with Gasteiger partial charge in [-0.2, -0.15) is 0 Å². The van der Waals surface area contributed by atoms with Crippen LogP contribution in [-0.4, -0.2) is 105 Å². The minimum atomic E-state index is -1.26. The average molecular weight is 416 g/mol. The molecule has 0 aromatic rings. The monoisotopic (exact) mass is 415 g/mol. The molecular weight excluding hydrogens is 370 g/mol. The van der Waals surface area contributed by atoms with E-state index in [1.54, 1.807) is 13.8 Å². The van der Waals surface area contributed by atoms with Crippen molar-refractivity contribution in [2.45, 2.75) is 77.8 Å². The Balaban J connectivity index is -0.000000359. The SMILES string of the molecule is CC(CO)(CO)CO.CCCNCCO.CCC[C@H](O)[C@@H](O)[C@H](O)[C@H](O)CC. The zero-order valence-corrected chi connectivity index (χ0v) is 18.0. The molecule has 0 radical (unpaired) electrons. The van der Waals surface area contributed by atoms with Crippen LogP contribution < -0.4 is 5.32 Å². The van der Waals surface area contributed by atoms with Crippen LogP contribution >= 0.6 is 0 Å². The van der Waals surface area contributed by atoms with Crippen molar-refractivity contribution in [3.8, 4) is 0 Å². The summed E-state index contributed by atoms with van der Waals surface area (Å²) in [4.78, 5) is 0. The van der Waals surface area contributed by atoms with Crippen molar-refractivity contribution in [2.24, 2.45) is 5.41 Å². The molecule has 0 rings (SSSR count). The summed E-state index contributed by atoms with van der Waals surface area (Å²) in [6.07, 6.45) is -1.79. The van der Waals surface area contributed by atoms with Crippen LogP contribution in [0.15, 0.2) is 0 Å². The predicted molar refractivity (Wildman–Crippen MR) is 109 cm³/mol. The summed E-state index contributed by atoms with van der Waals surface area (Å²) in [5.74, 6) is 0. The highest BCUT2D eigenvalue weighted by Gasteiger charge is 2.28. The van der Waals surface area contributed by atoms with Gasteiger partial charge in [0.2, 0.25) is 0 Å². The minimum Gasteiger partial charge on any atom is -0.396 e. The van der Waals surface area contributed by atoms with E-state index in [9.17, 15) is 20.4 Å². The Bertz CT molecular complexity index is 293. The zero-order chi connectivity index (χ0) is 22.6. The number of rotatable bonds is 13. The van der Waals surface area contributed by atoms with E-state index in [4.69, 9.17) is 20.4 Å². The van der Waals surface area contributed by atoms with E-state index in [1.165, 1.54) is 0 Å². The Labute approximate surface area is 169 Å². The number of hydrogen-bond donors (Lipinski definition) is 9. The van der Waals surface area contributed by atoms with Crippen molar-refractivity contribution in [1.82, 2.24) is 5.32 Å². The maximum absolute atomic E-state index is 9.36. The summed E-state index contributed by atoms with van der Waals surface area (Å²) in [7, 11) is 0. The summed E-state index contributed by atoms with van der Waals surface area (Å²) in [6, 6.07) is 0. The van der Waals surface area contributed by atoms with Gasteiger partial charge in [0.25, 0.3) is 0 Å². The Morgan fingerprint density at radius 3 is 1.46 bits per heavy atom. The maximum Gasteiger partial charge on any atom is 0.108 e. The van der Waals surface area contributed by atoms with Crippen LogP contribution in [-0.2, 0) is 0 Å². The van der Waals surface area contributed by atoms with Gasteiger partial charge in [-0.15, -0.1) is 0 Å². The van der Waals surface area contributed by atoms with Crippen molar-refractivity contribution >= 4 is 0 Å². The fourth-order valence-corrected chi connectivity index (χ4v) is 1.69. The van der Waals surface area contributed by atoms with Gasteiger partial charge in [-0.3, -0.25) is 0 Å². The van der Waals surface area contributed by atoms with Gasteiger partial charge in [-0.1, -0.05) is 34.1 Å². The van der Waals surface area contributed by atoms with Crippen LogP contribution in [0.5, 0.6) is 0 Å². The average Bonchev–Trinajstić information content (AvgIpc) is 2.72. The normalized spacial score (nSPS) is 15.4. The number of aliphatic hydroxyl groups excluding tert-OH is 8. The van der Waals surface area contributed by atoms with Crippen molar-refractivity contribution < 1.29 is 40.9 Å². The van der Waals surface area contributed by atoms with Gasteiger partial charge in [0.05, 0.1) is 38.6 Å². The number of aliphatic hydroxyl groups is 8. The fourth-order valence-electron chi connectivity index (χ4n) is 1.69. The lowest BCUT2D eigenvalue weighted by Crippen LogP contribution is -2.44. The molecular formula is C19H45NO8. The lowest BCUT2D eigenvalue weighted by molar-refractivity contribution is -0.106. The van der Waals surface area contributed by atoms with Crippen LogP contribution in [0.4, 0.5) is 0 Å². The molecule has 0 aliphatic heterocycles. The third-order valence-electron chi connectivity index (χ3n) is 4.00. The zero-order valence-electron chi connectivity index (χ0n) is 18.0. The highest BCUT2D eigenvalue weighted by atomic mass is 16.4. The molecule has 0 unspecified atom stereocenters. The molecule has 0 saturated heterocycles. The molecule has 0 spiro atoms. The van der Waals surface area contributed by atoms with Crippen LogP contribution in [0.1, 0.15) is 53.4 Å². The molecule has 174 valence electrons. The van der Waals surface area contributed by atoms with E-state index in [0.29, 0.717) is 12.8 Å². The van der Waals surface area contributed by atoms with Gasteiger partial charge in [0.1, 0.15) is 12.2 Å². The van der Waals surface area contributed by atoms with Crippen LogP contribution in [0, 0.1) is 5.41 Å². The van der Waals surface area contributed by atoms with Crippen LogP contribution in [0.2, 0.25) is 0 Å². The fraction of sp³-hybridized carbons (Fsp3) is 1.00. The van der Waals surface area contributed by atoms with Gasteiger partial charge in [0.15, 0.2) is 0 Å². The van der Waals surface area contributed by atoms with Gasteiger partial charge in [0, 0.05) is 12.0 Å². The third kappa shape index (κ3) is 17.7. The molecule has 9 nitrogen and oxygen atoms in total. The molecule has 0 amide bonds. The first-order valence-electron chi connectivity index (χ1n) is 10.0. The molecule has 4 atom stereocenters. The van der Waals surface area contributed by atoms with E-state index < -0.39 is 29.8 Å². The largest absolute Gasteiger partial charge is 0.396 e.